The molecule has 0 atom stereocenters. The van der Waals surface area contributed by atoms with Crippen molar-refractivity contribution in [2.24, 2.45) is 0 Å². The Kier molecular flexibility index (Phi) is 6.86. The van der Waals surface area contributed by atoms with Gasteiger partial charge in [-0.15, -0.1) is 0 Å². The van der Waals surface area contributed by atoms with Crippen LogP contribution in [-0.2, 0) is 4.79 Å². The van der Waals surface area contributed by atoms with Crippen LogP contribution in [0.5, 0.6) is 0 Å². The molecule has 0 radical (unpaired) electrons. The molecule has 0 aliphatic rings. The normalized spacial score (nSPS) is 9.83. The highest BCUT2D eigenvalue weighted by molar-refractivity contribution is 7.99. The van der Waals surface area contributed by atoms with E-state index in [1.807, 2.05) is 0 Å². The first-order chi connectivity index (χ1) is 8.74. The van der Waals surface area contributed by atoms with Crippen molar-refractivity contribution in [3.8, 4) is 0 Å². The second-order valence-electron chi connectivity index (χ2n) is 3.62. The summed E-state index contributed by atoms with van der Waals surface area (Å²) in [6.45, 7) is 2.10. The molecule has 98 valence electrons. The number of carbonyl (C=O) groups excluding carboxylic acids is 2. The van der Waals surface area contributed by atoms with Crippen LogP contribution in [0, 0.1) is 0 Å². The fraction of sp³-hybridized carbons (Fsp3) is 0.417. The fourth-order valence-electron chi connectivity index (χ4n) is 1.13. The molecule has 18 heavy (non-hydrogen) atoms. The molecule has 0 unspecified atom stereocenters. The van der Waals surface area contributed by atoms with Crippen LogP contribution in [0.4, 0.5) is 0 Å². The lowest BCUT2D eigenvalue weighted by atomic mass is 10.3. The van der Waals surface area contributed by atoms with Gasteiger partial charge in [0.1, 0.15) is 5.69 Å². The lowest BCUT2D eigenvalue weighted by molar-refractivity contribution is -0.119. The van der Waals surface area contributed by atoms with Gasteiger partial charge in [0.15, 0.2) is 0 Å². The van der Waals surface area contributed by atoms with Gasteiger partial charge in [0, 0.05) is 6.20 Å². The van der Waals surface area contributed by atoms with Crippen LogP contribution in [0.25, 0.3) is 0 Å². The summed E-state index contributed by atoms with van der Waals surface area (Å²) < 4.78 is 0. The number of nitrogens with zero attached hydrogens (tertiary/aromatic N) is 1. The molecule has 0 aliphatic heterocycles. The SMILES string of the molecule is CCCCSCC(=O)NNC(=O)c1ccccn1. The quantitative estimate of drug-likeness (QED) is 0.603. The van der Waals surface area contributed by atoms with Crippen molar-refractivity contribution in [3.63, 3.8) is 0 Å². The molecule has 1 rings (SSSR count). The summed E-state index contributed by atoms with van der Waals surface area (Å²) in [6.07, 6.45) is 3.74. The summed E-state index contributed by atoms with van der Waals surface area (Å²) in [5.74, 6) is 0.684. The minimum absolute atomic E-state index is 0.208. The van der Waals surface area contributed by atoms with Crippen LogP contribution < -0.4 is 10.9 Å². The number of aromatic nitrogens is 1. The summed E-state index contributed by atoms with van der Waals surface area (Å²) in [6, 6.07) is 5.02. The standard InChI is InChI=1S/C12H17N3O2S/c1-2-3-8-18-9-11(16)14-15-12(17)10-6-4-5-7-13-10/h4-7H,2-3,8-9H2,1H3,(H,14,16)(H,15,17). The first-order valence-electron chi connectivity index (χ1n) is 5.82. The Bertz CT molecular complexity index is 384. The molecule has 6 heteroatoms. The molecule has 0 aromatic carbocycles. The van der Waals surface area contributed by atoms with Gasteiger partial charge in [0.25, 0.3) is 5.91 Å². The number of carbonyl (C=O) groups is 2. The van der Waals surface area contributed by atoms with Gasteiger partial charge in [0.05, 0.1) is 5.75 Å². The van der Waals surface area contributed by atoms with Crippen LogP contribution in [0.1, 0.15) is 30.3 Å². The molecular weight excluding hydrogens is 250 g/mol. The van der Waals surface area contributed by atoms with Crippen molar-refractivity contribution in [3.05, 3.63) is 30.1 Å². The largest absolute Gasteiger partial charge is 0.288 e. The average Bonchev–Trinajstić information content (AvgIpc) is 2.42. The molecule has 2 amide bonds. The smallest absolute Gasteiger partial charge is 0.272 e. The minimum atomic E-state index is -0.414. The van der Waals surface area contributed by atoms with E-state index in [1.54, 1.807) is 30.0 Å². The Morgan fingerprint density at radius 1 is 1.33 bits per heavy atom. The maximum atomic E-state index is 11.5. The Morgan fingerprint density at radius 3 is 2.83 bits per heavy atom. The van der Waals surface area contributed by atoms with Crippen LogP contribution in [0.2, 0.25) is 0 Å². The molecule has 0 spiro atoms. The van der Waals surface area contributed by atoms with Crippen LogP contribution in [0.3, 0.4) is 0 Å². The third kappa shape index (κ3) is 5.67. The van der Waals surface area contributed by atoms with Gasteiger partial charge in [-0.25, -0.2) is 0 Å². The number of hydrogen-bond acceptors (Lipinski definition) is 4. The van der Waals surface area contributed by atoms with Crippen molar-refractivity contribution >= 4 is 23.6 Å². The van der Waals surface area contributed by atoms with E-state index in [-0.39, 0.29) is 11.6 Å². The van der Waals surface area contributed by atoms with E-state index in [2.05, 4.69) is 22.8 Å². The lowest BCUT2D eigenvalue weighted by Gasteiger charge is -2.06. The van der Waals surface area contributed by atoms with E-state index in [1.165, 1.54) is 6.20 Å². The van der Waals surface area contributed by atoms with Gasteiger partial charge in [-0.05, 0) is 24.3 Å². The van der Waals surface area contributed by atoms with E-state index >= 15 is 0 Å². The highest BCUT2D eigenvalue weighted by atomic mass is 32.2. The van der Waals surface area contributed by atoms with E-state index in [0.29, 0.717) is 5.75 Å². The maximum absolute atomic E-state index is 11.5. The second-order valence-corrected chi connectivity index (χ2v) is 4.73. The molecule has 5 nitrogen and oxygen atoms in total. The van der Waals surface area contributed by atoms with E-state index < -0.39 is 5.91 Å². The van der Waals surface area contributed by atoms with Crippen molar-refractivity contribution in [2.75, 3.05) is 11.5 Å². The zero-order valence-corrected chi connectivity index (χ0v) is 11.1. The number of nitrogens with one attached hydrogen (secondary N) is 2. The van der Waals surface area contributed by atoms with E-state index in [9.17, 15) is 9.59 Å². The Labute approximate surface area is 111 Å². The molecule has 0 aliphatic carbocycles. The predicted octanol–water partition coefficient (Wildman–Crippen LogP) is 1.38. The van der Waals surface area contributed by atoms with Crippen LogP contribution in [-0.4, -0.2) is 28.3 Å². The molecule has 0 saturated heterocycles. The van der Waals surface area contributed by atoms with Gasteiger partial charge in [0.2, 0.25) is 5.91 Å². The summed E-state index contributed by atoms with van der Waals surface area (Å²) in [5.41, 5.74) is 4.96. The molecule has 1 aromatic heterocycles. The van der Waals surface area contributed by atoms with Gasteiger partial charge in [-0.1, -0.05) is 19.4 Å². The van der Waals surface area contributed by atoms with Crippen molar-refractivity contribution in [1.29, 1.82) is 0 Å². The van der Waals surface area contributed by atoms with Gasteiger partial charge < -0.3 is 0 Å². The summed E-state index contributed by atoms with van der Waals surface area (Å²) in [7, 11) is 0. The molecule has 0 saturated carbocycles. The second kappa shape index (κ2) is 8.52. The number of amides is 2. The first kappa shape index (κ1) is 14.5. The van der Waals surface area contributed by atoms with Gasteiger partial charge in [-0.2, -0.15) is 11.8 Å². The van der Waals surface area contributed by atoms with Gasteiger partial charge in [-0.3, -0.25) is 25.4 Å². The number of rotatable bonds is 6. The molecule has 0 fully saturated rings. The topological polar surface area (TPSA) is 71.1 Å². The third-order valence-corrected chi connectivity index (χ3v) is 3.13. The third-order valence-electron chi connectivity index (χ3n) is 2.09. The molecule has 2 N–H and O–H groups in total. The van der Waals surface area contributed by atoms with E-state index in [4.69, 9.17) is 0 Å². The number of thioether (sulfide) groups is 1. The monoisotopic (exact) mass is 267 g/mol. The highest BCUT2D eigenvalue weighted by Crippen LogP contribution is 2.03. The molecule has 1 aromatic rings. The van der Waals surface area contributed by atoms with Crippen molar-refractivity contribution in [1.82, 2.24) is 15.8 Å². The highest BCUT2D eigenvalue weighted by Gasteiger charge is 2.07. The zero-order chi connectivity index (χ0) is 13.2. The molecule has 0 bridgehead atoms. The molecular formula is C12H17N3O2S. The van der Waals surface area contributed by atoms with Gasteiger partial charge >= 0.3 is 0 Å². The van der Waals surface area contributed by atoms with Crippen molar-refractivity contribution in [2.45, 2.75) is 19.8 Å². The maximum Gasteiger partial charge on any atom is 0.288 e. The average molecular weight is 267 g/mol. The Hall–Kier alpha value is -1.56. The molecule has 1 heterocycles. The first-order valence-corrected chi connectivity index (χ1v) is 6.97. The van der Waals surface area contributed by atoms with E-state index in [0.717, 1.165) is 18.6 Å². The number of pyridine rings is 1. The zero-order valence-electron chi connectivity index (χ0n) is 10.3. The Morgan fingerprint density at radius 2 is 2.17 bits per heavy atom. The Balaban J connectivity index is 2.20. The number of unbranched alkanes of at least 4 members (excludes halogenated alkanes) is 1. The fourth-order valence-corrected chi connectivity index (χ4v) is 2.03. The summed E-state index contributed by atoms with van der Waals surface area (Å²) in [5, 5.41) is 0. The lowest BCUT2D eigenvalue weighted by Crippen LogP contribution is -2.42. The minimum Gasteiger partial charge on any atom is -0.272 e. The predicted molar refractivity (Wildman–Crippen MR) is 72.1 cm³/mol. The van der Waals surface area contributed by atoms with Crippen LogP contribution >= 0.6 is 11.8 Å². The number of hydrogen-bond donors (Lipinski definition) is 2. The van der Waals surface area contributed by atoms with Crippen molar-refractivity contribution < 1.29 is 9.59 Å². The summed E-state index contributed by atoms with van der Waals surface area (Å²) >= 11 is 1.55. The number of hydrazine groups is 1. The van der Waals surface area contributed by atoms with Crippen LogP contribution in [0.15, 0.2) is 24.4 Å². The summed E-state index contributed by atoms with van der Waals surface area (Å²) in [4.78, 5) is 26.8.